The SMILES string of the molecule is CC(C)(C)OO[C@@H](C(=O)O)[C@@H](O)[C@H](O)[C@H](O)CO. The summed E-state index contributed by atoms with van der Waals surface area (Å²) in [6.45, 7) is 3.95. The zero-order valence-corrected chi connectivity index (χ0v) is 10.5. The third kappa shape index (κ3) is 5.71. The van der Waals surface area contributed by atoms with Crippen LogP contribution in [0.2, 0.25) is 0 Å². The third-order valence-electron chi connectivity index (χ3n) is 1.89. The summed E-state index contributed by atoms with van der Waals surface area (Å²) in [5, 5.41) is 45.4. The molecule has 0 saturated carbocycles. The van der Waals surface area contributed by atoms with E-state index in [4.69, 9.17) is 20.2 Å². The first-order valence-electron chi connectivity index (χ1n) is 5.32. The van der Waals surface area contributed by atoms with E-state index in [1.54, 1.807) is 20.8 Å². The van der Waals surface area contributed by atoms with E-state index in [1.165, 1.54) is 0 Å². The highest BCUT2D eigenvalue weighted by Gasteiger charge is 2.38. The van der Waals surface area contributed by atoms with Gasteiger partial charge < -0.3 is 25.5 Å². The average Bonchev–Trinajstić information content (AvgIpc) is 2.24. The smallest absolute Gasteiger partial charge is 0.339 e. The fourth-order valence-electron chi connectivity index (χ4n) is 0.955. The van der Waals surface area contributed by atoms with E-state index in [-0.39, 0.29) is 0 Å². The summed E-state index contributed by atoms with van der Waals surface area (Å²) < 4.78 is 0. The van der Waals surface area contributed by atoms with Gasteiger partial charge in [-0.3, -0.25) is 0 Å². The molecule has 5 N–H and O–H groups in total. The predicted molar refractivity (Wildman–Crippen MR) is 58.5 cm³/mol. The van der Waals surface area contributed by atoms with Gasteiger partial charge >= 0.3 is 5.97 Å². The third-order valence-corrected chi connectivity index (χ3v) is 1.89. The minimum Gasteiger partial charge on any atom is -0.479 e. The van der Waals surface area contributed by atoms with Crippen LogP contribution in [0.5, 0.6) is 0 Å². The summed E-state index contributed by atoms with van der Waals surface area (Å²) >= 11 is 0. The molecule has 0 unspecified atom stereocenters. The van der Waals surface area contributed by atoms with Crippen LogP contribution in [-0.4, -0.2) is 68.1 Å². The first-order chi connectivity index (χ1) is 8.10. The molecule has 0 saturated heterocycles. The summed E-state index contributed by atoms with van der Waals surface area (Å²) in [6.07, 6.45) is -7.40. The fourth-order valence-corrected chi connectivity index (χ4v) is 0.955. The second-order valence-electron chi connectivity index (χ2n) is 4.78. The highest BCUT2D eigenvalue weighted by Crippen LogP contribution is 2.14. The minimum absolute atomic E-state index is 0.812. The largest absolute Gasteiger partial charge is 0.479 e. The van der Waals surface area contributed by atoms with Crippen molar-refractivity contribution in [1.29, 1.82) is 0 Å². The molecular formula is C10H20O8. The molecular weight excluding hydrogens is 248 g/mol. The zero-order valence-electron chi connectivity index (χ0n) is 10.5. The normalized spacial score (nSPS) is 19.1. The van der Waals surface area contributed by atoms with Crippen molar-refractivity contribution in [2.45, 2.75) is 50.8 Å². The van der Waals surface area contributed by atoms with Crippen molar-refractivity contribution in [1.82, 2.24) is 0 Å². The van der Waals surface area contributed by atoms with Gasteiger partial charge in [0.15, 0.2) is 0 Å². The standard InChI is InChI=1S/C10H20O8/c1-10(2,3)18-17-8(9(15)16)7(14)6(13)5(12)4-11/h5-8,11-14H,4H2,1-3H3,(H,15,16)/t5-,6-,7+,8-/m1/s1. The molecule has 0 radical (unpaired) electrons. The summed E-state index contributed by atoms with van der Waals surface area (Å²) in [5.74, 6) is -1.57. The average molecular weight is 268 g/mol. The Morgan fingerprint density at radius 2 is 1.67 bits per heavy atom. The van der Waals surface area contributed by atoms with E-state index in [0.29, 0.717) is 0 Å². The lowest BCUT2D eigenvalue weighted by Gasteiger charge is -2.27. The van der Waals surface area contributed by atoms with Gasteiger partial charge in [0, 0.05) is 0 Å². The first kappa shape index (κ1) is 17.2. The maximum Gasteiger partial charge on any atom is 0.339 e. The molecule has 0 bridgehead atoms. The van der Waals surface area contributed by atoms with Crippen LogP contribution in [0.4, 0.5) is 0 Å². The molecule has 0 spiro atoms. The Kier molecular flexibility index (Phi) is 6.68. The molecule has 0 aromatic rings. The van der Waals surface area contributed by atoms with E-state index < -0.39 is 42.6 Å². The molecule has 18 heavy (non-hydrogen) atoms. The maximum absolute atomic E-state index is 10.9. The van der Waals surface area contributed by atoms with Gasteiger partial charge in [-0.1, -0.05) is 0 Å². The van der Waals surface area contributed by atoms with Crippen molar-refractivity contribution in [2.24, 2.45) is 0 Å². The molecule has 0 rings (SSSR count). The summed E-state index contributed by atoms with van der Waals surface area (Å²) in [7, 11) is 0. The summed E-state index contributed by atoms with van der Waals surface area (Å²) in [5.41, 5.74) is -0.812. The van der Waals surface area contributed by atoms with Gasteiger partial charge in [-0.25, -0.2) is 14.6 Å². The van der Waals surface area contributed by atoms with Gasteiger partial charge in [-0.2, -0.15) is 0 Å². The number of hydrogen-bond donors (Lipinski definition) is 5. The number of carbonyl (C=O) groups is 1. The predicted octanol–water partition coefficient (Wildman–Crippen LogP) is -1.74. The first-order valence-corrected chi connectivity index (χ1v) is 5.32. The van der Waals surface area contributed by atoms with E-state index in [1.807, 2.05) is 0 Å². The molecule has 0 fully saturated rings. The molecule has 0 aliphatic rings. The van der Waals surface area contributed by atoms with Crippen LogP contribution in [0.3, 0.4) is 0 Å². The Hall–Kier alpha value is -0.770. The number of rotatable bonds is 7. The molecule has 0 aromatic carbocycles. The Morgan fingerprint density at radius 1 is 1.17 bits per heavy atom. The van der Waals surface area contributed by atoms with Crippen LogP contribution in [0.15, 0.2) is 0 Å². The molecule has 4 atom stereocenters. The summed E-state index contributed by atoms with van der Waals surface area (Å²) in [4.78, 5) is 20.1. The molecule has 8 nitrogen and oxygen atoms in total. The van der Waals surface area contributed by atoms with Gasteiger partial charge in [0.25, 0.3) is 0 Å². The quantitative estimate of drug-likeness (QED) is 0.271. The molecule has 0 amide bonds. The topological polar surface area (TPSA) is 137 Å². The minimum atomic E-state index is -1.95. The number of aliphatic hydroxyl groups is 4. The van der Waals surface area contributed by atoms with E-state index in [2.05, 4.69) is 4.89 Å². The number of aliphatic hydroxyl groups excluding tert-OH is 4. The van der Waals surface area contributed by atoms with Crippen LogP contribution in [0.25, 0.3) is 0 Å². The van der Waals surface area contributed by atoms with Crippen LogP contribution >= 0.6 is 0 Å². The Balaban J connectivity index is 4.64. The zero-order chi connectivity index (χ0) is 14.5. The van der Waals surface area contributed by atoms with Gasteiger partial charge in [-0.15, -0.1) is 0 Å². The fraction of sp³-hybridized carbons (Fsp3) is 0.900. The van der Waals surface area contributed by atoms with Crippen LogP contribution in [-0.2, 0) is 14.6 Å². The van der Waals surface area contributed by atoms with Crippen molar-refractivity contribution in [3.63, 3.8) is 0 Å². The number of carboxylic acid groups (broad SMARTS) is 1. The van der Waals surface area contributed by atoms with E-state index in [9.17, 15) is 15.0 Å². The van der Waals surface area contributed by atoms with Crippen molar-refractivity contribution >= 4 is 5.97 Å². The maximum atomic E-state index is 10.9. The lowest BCUT2D eigenvalue weighted by molar-refractivity contribution is -0.381. The van der Waals surface area contributed by atoms with Crippen LogP contribution in [0.1, 0.15) is 20.8 Å². The number of carboxylic acids is 1. The molecule has 108 valence electrons. The van der Waals surface area contributed by atoms with Crippen LogP contribution in [0, 0.1) is 0 Å². The molecule has 8 heteroatoms. The summed E-state index contributed by atoms with van der Waals surface area (Å²) in [6, 6.07) is 0. The van der Waals surface area contributed by atoms with E-state index >= 15 is 0 Å². The highest BCUT2D eigenvalue weighted by molar-refractivity contribution is 5.73. The van der Waals surface area contributed by atoms with Gasteiger partial charge in [0.2, 0.25) is 6.10 Å². The van der Waals surface area contributed by atoms with Crippen molar-refractivity contribution < 1.29 is 40.1 Å². The van der Waals surface area contributed by atoms with Crippen molar-refractivity contribution in [2.75, 3.05) is 6.61 Å². The lowest BCUT2D eigenvalue weighted by atomic mass is 10.0. The Morgan fingerprint density at radius 3 is 2.00 bits per heavy atom. The van der Waals surface area contributed by atoms with Gasteiger partial charge in [0.1, 0.15) is 18.3 Å². The van der Waals surface area contributed by atoms with Gasteiger partial charge in [-0.05, 0) is 20.8 Å². The monoisotopic (exact) mass is 268 g/mol. The number of aliphatic carboxylic acids is 1. The molecule has 0 aliphatic carbocycles. The lowest BCUT2D eigenvalue weighted by Crippen LogP contribution is -2.50. The van der Waals surface area contributed by atoms with Gasteiger partial charge in [0.05, 0.1) is 12.2 Å². The second-order valence-corrected chi connectivity index (χ2v) is 4.78. The Labute approximate surface area is 104 Å². The molecule has 0 aliphatic heterocycles. The Bertz CT molecular complexity index is 261. The molecule has 0 aromatic heterocycles. The second kappa shape index (κ2) is 6.98. The highest BCUT2D eigenvalue weighted by atomic mass is 17.2. The molecule has 0 heterocycles. The number of hydrogen-bond acceptors (Lipinski definition) is 7. The van der Waals surface area contributed by atoms with E-state index in [0.717, 1.165) is 0 Å². The van der Waals surface area contributed by atoms with Crippen molar-refractivity contribution in [3.05, 3.63) is 0 Å². The van der Waals surface area contributed by atoms with Crippen LogP contribution < -0.4 is 0 Å². The van der Waals surface area contributed by atoms with Crippen molar-refractivity contribution in [3.8, 4) is 0 Å².